The van der Waals surface area contributed by atoms with E-state index < -0.39 is 0 Å². The number of hydrogen-bond acceptors (Lipinski definition) is 3. The molecule has 0 saturated carbocycles. The molecule has 1 unspecified atom stereocenters. The van der Waals surface area contributed by atoms with Gasteiger partial charge in [0.05, 0.1) is 13.4 Å². The van der Waals surface area contributed by atoms with Crippen molar-refractivity contribution in [2.24, 2.45) is 0 Å². The maximum atomic E-state index is 13.3. The van der Waals surface area contributed by atoms with Gasteiger partial charge >= 0.3 is 0 Å². The molecule has 0 radical (unpaired) electrons. The number of nitrogens with zero attached hydrogens (tertiary/aromatic N) is 1. The molecule has 0 spiro atoms. The predicted octanol–water partition coefficient (Wildman–Crippen LogP) is 2.41. The van der Waals surface area contributed by atoms with Gasteiger partial charge in [0, 0.05) is 24.5 Å². The van der Waals surface area contributed by atoms with Crippen molar-refractivity contribution in [2.45, 2.75) is 19.5 Å². The first-order valence-electron chi connectivity index (χ1n) is 5.74. The smallest absolute Gasteiger partial charge is 0.165 e. The Morgan fingerprint density at radius 3 is 3.00 bits per heavy atom. The van der Waals surface area contributed by atoms with Gasteiger partial charge in [-0.2, -0.15) is 0 Å². The van der Waals surface area contributed by atoms with Gasteiger partial charge < -0.3 is 15.0 Å². The molecule has 96 valence electrons. The highest BCUT2D eigenvalue weighted by atomic mass is 19.1. The standard InChI is InChI=1S/C13H16FN3O/c1-9(16-7-11-6-15-8-17-11)10-3-4-12(14)13(5-10)18-2/h3-6,8-9,16H,7H2,1-2H3,(H,15,17). The highest BCUT2D eigenvalue weighted by molar-refractivity contribution is 5.31. The Labute approximate surface area is 105 Å². The summed E-state index contributed by atoms with van der Waals surface area (Å²) >= 11 is 0. The molecular formula is C13H16FN3O. The van der Waals surface area contributed by atoms with E-state index >= 15 is 0 Å². The van der Waals surface area contributed by atoms with Gasteiger partial charge in [-0.3, -0.25) is 0 Å². The normalized spacial score (nSPS) is 12.4. The number of H-pyrrole nitrogens is 1. The van der Waals surface area contributed by atoms with Gasteiger partial charge in [-0.05, 0) is 24.6 Å². The summed E-state index contributed by atoms with van der Waals surface area (Å²) in [4.78, 5) is 6.96. The lowest BCUT2D eigenvalue weighted by Crippen LogP contribution is -2.18. The molecule has 18 heavy (non-hydrogen) atoms. The number of rotatable bonds is 5. The molecule has 1 aromatic heterocycles. The van der Waals surface area contributed by atoms with Crippen LogP contribution in [0.25, 0.3) is 0 Å². The van der Waals surface area contributed by atoms with E-state index in [0.29, 0.717) is 6.54 Å². The third kappa shape index (κ3) is 2.87. The zero-order valence-corrected chi connectivity index (χ0v) is 10.4. The summed E-state index contributed by atoms with van der Waals surface area (Å²) in [5.41, 5.74) is 1.99. The topological polar surface area (TPSA) is 49.9 Å². The van der Waals surface area contributed by atoms with Crippen LogP contribution in [0, 0.1) is 5.82 Å². The van der Waals surface area contributed by atoms with E-state index in [1.807, 2.05) is 6.92 Å². The van der Waals surface area contributed by atoms with Crippen molar-refractivity contribution in [1.82, 2.24) is 15.3 Å². The van der Waals surface area contributed by atoms with E-state index in [4.69, 9.17) is 4.74 Å². The van der Waals surface area contributed by atoms with Crippen molar-refractivity contribution in [2.75, 3.05) is 7.11 Å². The van der Waals surface area contributed by atoms with E-state index in [1.54, 1.807) is 24.7 Å². The Hall–Kier alpha value is -1.88. The molecule has 1 heterocycles. The molecule has 2 N–H and O–H groups in total. The van der Waals surface area contributed by atoms with Crippen LogP contribution < -0.4 is 10.1 Å². The molecule has 1 aromatic carbocycles. The van der Waals surface area contributed by atoms with Crippen molar-refractivity contribution in [3.8, 4) is 5.75 Å². The minimum Gasteiger partial charge on any atom is -0.494 e. The van der Waals surface area contributed by atoms with Gasteiger partial charge in [-0.1, -0.05) is 6.07 Å². The number of halogens is 1. The summed E-state index contributed by atoms with van der Waals surface area (Å²) in [6.45, 7) is 2.70. The van der Waals surface area contributed by atoms with Gasteiger partial charge in [-0.15, -0.1) is 0 Å². The summed E-state index contributed by atoms with van der Waals surface area (Å²) in [6, 6.07) is 4.98. The Morgan fingerprint density at radius 2 is 2.33 bits per heavy atom. The first-order chi connectivity index (χ1) is 8.70. The van der Waals surface area contributed by atoms with Crippen LogP contribution in [0.2, 0.25) is 0 Å². The van der Waals surface area contributed by atoms with Crippen LogP contribution in [0.4, 0.5) is 4.39 Å². The van der Waals surface area contributed by atoms with Crippen LogP contribution in [-0.2, 0) is 6.54 Å². The minimum absolute atomic E-state index is 0.0998. The first-order valence-corrected chi connectivity index (χ1v) is 5.74. The van der Waals surface area contributed by atoms with E-state index in [1.165, 1.54) is 13.2 Å². The van der Waals surface area contributed by atoms with Gasteiger partial charge in [0.2, 0.25) is 0 Å². The predicted molar refractivity (Wildman–Crippen MR) is 66.8 cm³/mol. The van der Waals surface area contributed by atoms with E-state index in [-0.39, 0.29) is 17.6 Å². The number of aromatic nitrogens is 2. The zero-order chi connectivity index (χ0) is 13.0. The maximum absolute atomic E-state index is 13.3. The lowest BCUT2D eigenvalue weighted by atomic mass is 10.1. The zero-order valence-electron chi connectivity index (χ0n) is 10.4. The Balaban J connectivity index is 2.02. The molecule has 1 atom stereocenters. The lowest BCUT2D eigenvalue weighted by molar-refractivity contribution is 0.385. The Bertz CT molecular complexity index is 499. The summed E-state index contributed by atoms with van der Waals surface area (Å²) in [5.74, 6) is -0.0790. The van der Waals surface area contributed by atoms with Crippen molar-refractivity contribution < 1.29 is 9.13 Å². The number of aromatic amines is 1. The molecular weight excluding hydrogens is 233 g/mol. The fourth-order valence-corrected chi connectivity index (χ4v) is 1.71. The molecule has 4 nitrogen and oxygen atoms in total. The molecule has 0 aliphatic carbocycles. The van der Waals surface area contributed by atoms with Crippen molar-refractivity contribution >= 4 is 0 Å². The quantitative estimate of drug-likeness (QED) is 0.855. The molecule has 0 amide bonds. The first kappa shape index (κ1) is 12.6. The van der Waals surface area contributed by atoms with Gasteiger partial charge in [0.25, 0.3) is 0 Å². The Kier molecular flexibility index (Phi) is 3.94. The number of imidazole rings is 1. The molecule has 5 heteroatoms. The monoisotopic (exact) mass is 249 g/mol. The summed E-state index contributed by atoms with van der Waals surface area (Å²) in [7, 11) is 1.46. The van der Waals surface area contributed by atoms with E-state index in [0.717, 1.165) is 11.3 Å². The van der Waals surface area contributed by atoms with Crippen LogP contribution in [0.1, 0.15) is 24.2 Å². The molecule has 0 aliphatic heterocycles. The molecule has 0 aliphatic rings. The van der Waals surface area contributed by atoms with Crippen LogP contribution in [0.3, 0.4) is 0 Å². The second-order valence-corrected chi connectivity index (χ2v) is 4.07. The van der Waals surface area contributed by atoms with E-state index in [2.05, 4.69) is 15.3 Å². The van der Waals surface area contributed by atoms with Crippen LogP contribution in [-0.4, -0.2) is 17.1 Å². The number of benzene rings is 1. The third-order valence-corrected chi connectivity index (χ3v) is 2.83. The van der Waals surface area contributed by atoms with Crippen molar-refractivity contribution in [1.29, 1.82) is 0 Å². The second kappa shape index (κ2) is 5.64. The maximum Gasteiger partial charge on any atom is 0.165 e. The SMILES string of the molecule is COc1cc(C(C)NCc2cnc[nH]2)ccc1F. The average Bonchev–Trinajstić information content (AvgIpc) is 2.89. The van der Waals surface area contributed by atoms with Crippen LogP contribution in [0.5, 0.6) is 5.75 Å². The van der Waals surface area contributed by atoms with Gasteiger partial charge in [0.15, 0.2) is 11.6 Å². The summed E-state index contributed by atoms with van der Waals surface area (Å²) in [5, 5.41) is 3.32. The molecule has 2 aromatic rings. The lowest BCUT2D eigenvalue weighted by Gasteiger charge is -2.14. The highest BCUT2D eigenvalue weighted by Gasteiger charge is 2.09. The molecule has 0 bridgehead atoms. The summed E-state index contributed by atoms with van der Waals surface area (Å²) < 4.78 is 18.3. The average molecular weight is 249 g/mol. The number of hydrogen-bond donors (Lipinski definition) is 2. The Morgan fingerprint density at radius 1 is 1.50 bits per heavy atom. The molecule has 0 saturated heterocycles. The largest absolute Gasteiger partial charge is 0.494 e. The van der Waals surface area contributed by atoms with E-state index in [9.17, 15) is 4.39 Å². The number of ether oxygens (including phenoxy) is 1. The fourth-order valence-electron chi connectivity index (χ4n) is 1.71. The van der Waals surface area contributed by atoms with Crippen molar-refractivity contribution in [3.05, 3.63) is 47.8 Å². The second-order valence-electron chi connectivity index (χ2n) is 4.07. The van der Waals surface area contributed by atoms with Crippen molar-refractivity contribution in [3.63, 3.8) is 0 Å². The fraction of sp³-hybridized carbons (Fsp3) is 0.308. The molecule has 2 rings (SSSR count). The third-order valence-electron chi connectivity index (χ3n) is 2.83. The van der Waals surface area contributed by atoms with Crippen LogP contribution >= 0.6 is 0 Å². The number of methoxy groups -OCH3 is 1. The minimum atomic E-state index is -0.345. The highest BCUT2D eigenvalue weighted by Crippen LogP contribution is 2.22. The van der Waals surface area contributed by atoms with Crippen LogP contribution in [0.15, 0.2) is 30.7 Å². The number of nitrogens with one attached hydrogen (secondary N) is 2. The van der Waals surface area contributed by atoms with Gasteiger partial charge in [-0.25, -0.2) is 9.37 Å². The summed E-state index contributed by atoms with van der Waals surface area (Å²) in [6.07, 6.45) is 3.41. The molecule has 0 fully saturated rings. The van der Waals surface area contributed by atoms with Gasteiger partial charge in [0.1, 0.15) is 0 Å².